The highest BCUT2D eigenvalue weighted by atomic mass is 16.2. The van der Waals surface area contributed by atoms with E-state index in [9.17, 15) is 4.79 Å². The molecule has 0 bridgehead atoms. The summed E-state index contributed by atoms with van der Waals surface area (Å²) in [5, 5.41) is 4.33. The van der Waals surface area contributed by atoms with Gasteiger partial charge < -0.3 is 9.80 Å². The normalized spacial score (nSPS) is 18.4. The van der Waals surface area contributed by atoms with Gasteiger partial charge in [-0.3, -0.25) is 4.79 Å². The van der Waals surface area contributed by atoms with Crippen LogP contribution in [0.4, 0.5) is 5.82 Å². The molecule has 3 rings (SSSR count). The minimum absolute atomic E-state index is 0.227. The predicted octanol–water partition coefficient (Wildman–Crippen LogP) is 1.52. The Bertz CT molecular complexity index is 663. The maximum absolute atomic E-state index is 11.8. The molecular formula is C15H21N5O. The molecule has 0 spiro atoms. The van der Waals surface area contributed by atoms with E-state index in [0.29, 0.717) is 12.3 Å². The topological polar surface area (TPSA) is 53.7 Å². The average Bonchev–Trinajstić information content (AvgIpc) is 3.13. The summed E-state index contributed by atoms with van der Waals surface area (Å²) in [6.07, 6.45) is 5.32. The lowest BCUT2D eigenvalue weighted by molar-refractivity contribution is -0.129. The minimum atomic E-state index is 0.227. The lowest BCUT2D eigenvalue weighted by Gasteiger charge is -2.18. The molecule has 21 heavy (non-hydrogen) atoms. The lowest BCUT2D eigenvalue weighted by atomic mass is 10.1. The highest BCUT2D eigenvalue weighted by Gasteiger charge is 2.28. The van der Waals surface area contributed by atoms with Crippen LogP contribution >= 0.6 is 0 Å². The highest BCUT2D eigenvalue weighted by Crippen LogP contribution is 2.28. The standard InChI is InChI=1S/C15H21N5O/c1-4-14(21)19-8-6-11(9-19)12-10-20-13(5-7-16-20)15(17-12)18(2)3/h5,7,10-11H,4,6,8-9H2,1-3H3/t11-/m1/s1. The van der Waals surface area contributed by atoms with E-state index in [0.717, 1.165) is 36.5 Å². The number of amides is 1. The van der Waals surface area contributed by atoms with Gasteiger partial charge in [-0.2, -0.15) is 5.10 Å². The molecule has 3 heterocycles. The third kappa shape index (κ3) is 2.46. The van der Waals surface area contributed by atoms with Crippen molar-refractivity contribution in [3.63, 3.8) is 0 Å². The van der Waals surface area contributed by atoms with Crippen molar-refractivity contribution in [2.45, 2.75) is 25.7 Å². The second kappa shape index (κ2) is 5.35. The van der Waals surface area contributed by atoms with E-state index >= 15 is 0 Å². The maximum atomic E-state index is 11.8. The molecule has 0 radical (unpaired) electrons. The van der Waals surface area contributed by atoms with Crippen LogP contribution in [0.1, 0.15) is 31.4 Å². The lowest BCUT2D eigenvalue weighted by Crippen LogP contribution is -2.27. The van der Waals surface area contributed by atoms with Gasteiger partial charge in [0, 0.05) is 39.5 Å². The summed E-state index contributed by atoms with van der Waals surface area (Å²) in [5.74, 6) is 1.45. The van der Waals surface area contributed by atoms with E-state index in [2.05, 4.69) is 5.10 Å². The zero-order valence-corrected chi connectivity index (χ0v) is 12.8. The van der Waals surface area contributed by atoms with Gasteiger partial charge in [-0.1, -0.05) is 6.92 Å². The van der Waals surface area contributed by atoms with Crippen molar-refractivity contribution in [3.05, 3.63) is 24.2 Å². The second-order valence-electron chi connectivity index (χ2n) is 5.72. The number of hydrogen-bond acceptors (Lipinski definition) is 4. The Balaban J connectivity index is 1.93. The number of nitrogens with zero attached hydrogens (tertiary/aromatic N) is 5. The first-order valence-corrected chi connectivity index (χ1v) is 7.39. The Morgan fingerprint density at radius 1 is 1.48 bits per heavy atom. The third-order valence-electron chi connectivity index (χ3n) is 4.07. The van der Waals surface area contributed by atoms with Gasteiger partial charge in [-0.25, -0.2) is 9.50 Å². The van der Waals surface area contributed by atoms with Gasteiger partial charge in [0.15, 0.2) is 5.82 Å². The molecule has 2 aromatic heterocycles. The van der Waals surface area contributed by atoms with Crippen LogP contribution in [0.2, 0.25) is 0 Å². The zero-order chi connectivity index (χ0) is 15.0. The Morgan fingerprint density at radius 3 is 3.00 bits per heavy atom. The van der Waals surface area contributed by atoms with Gasteiger partial charge in [0.05, 0.1) is 18.1 Å². The zero-order valence-electron chi connectivity index (χ0n) is 12.8. The van der Waals surface area contributed by atoms with Crippen LogP contribution < -0.4 is 4.90 Å². The first kappa shape index (κ1) is 13.9. The first-order chi connectivity index (χ1) is 10.1. The molecule has 6 nitrogen and oxygen atoms in total. The van der Waals surface area contributed by atoms with Crippen LogP contribution in [0.15, 0.2) is 18.5 Å². The first-order valence-electron chi connectivity index (χ1n) is 7.39. The number of rotatable bonds is 3. The fraction of sp³-hybridized carbons (Fsp3) is 0.533. The summed E-state index contributed by atoms with van der Waals surface area (Å²) in [4.78, 5) is 20.6. The van der Waals surface area contributed by atoms with Crippen LogP contribution in [0, 0.1) is 0 Å². The number of carbonyl (C=O) groups is 1. The molecular weight excluding hydrogens is 266 g/mol. The molecule has 1 fully saturated rings. The fourth-order valence-electron chi connectivity index (χ4n) is 2.91. The van der Waals surface area contributed by atoms with Gasteiger partial charge in [0.25, 0.3) is 0 Å². The van der Waals surface area contributed by atoms with Crippen LogP contribution in [0.3, 0.4) is 0 Å². The van der Waals surface area contributed by atoms with E-state index in [4.69, 9.17) is 4.98 Å². The average molecular weight is 287 g/mol. The number of aromatic nitrogens is 3. The number of anilines is 1. The maximum Gasteiger partial charge on any atom is 0.222 e. The van der Waals surface area contributed by atoms with Crippen molar-refractivity contribution in [1.29, 1.82) is 0 Å². The highest BCUT2D eigenvalue weighted by molar-refractivity contribution is 5.76. The summed E-state index contributed by atoms with van der Waals surface area (Å²) < 4.78 is 1.88. The minimum Gasteiger partial charge on any atom is -0.361 e. The molecule has 0 aromatic carbocycles. The van der Waals surface area contributed by atoms with Crippen molar-refractivity contribution < 1.29 is 4.79 Å². The second-order valence-corrected chi connectivity index (χ2v) is 5.72. The van der Waals surface area contributed by atoms with Gasteiger partial charge in [0.1, 0.15) is 5.52 Å². The van der Waals surface area contributed by atoms with E-state index in [1.165, 1.54) is 0 Å². The monoisotopic (exact) mass is 287 g/mol. The van der Waals surface area contributed by atoms with Gasteiger partial charge >= 0.3 is 0 Å². The van der Waals surface area contributed by atoms with Gasteiger partial charge in [0.2, 0.25) is 5.91 Å². The molecule has 2 aromatic rings. The quantitative estimate of drug-likeness (QED) is 0.859. The smallest absolute Gasteiger partial charge is 0.222 e. The van der Waals surface area contributed by atoms with Gasteiger partial charge in [-0.15, -0.1) is 0 Å². The summed E-state index contributed by atoms with van der Waals surface area (Å²) in [5.41, 5.74) is 2.02. The van der Waals surface area contributed by atoms with Crippen molar-refractivity contribution in [2.75, 3.05) is 32.1 Å². The van der Waals surface area contributed by atoms with Crippen molar-refractivity contribution in [2.24, 2.45) is 0 Å². The van der Waals surface area contributed by atoms with Gasteiger partial charge in [-0.05, 0) is 12.5 Å². The Morgan fingerprint density at radius 2 is 2.29 bits per heavy atom. The van der Waals surface area contributed by atoms with E-state index in [1.54, 1.807) is 6.20 Å². The van der Waals surface area contributed by atoms with Crippen molar-refractivity contribution in [1.82, 2.24) is 19.5 Å². The number of hydrogen-bond donors (Lipinski definition) is 0. The molecule has 112 valence electrons. The molecule has 6 heteroatoms. The van der Waals surface area contributed by atoms with Crippen molar-refractivity contribution >= 4 is 17.2 Å². The van der Waals surface area contributed by atoms with E-state index in [-0.39, 0.29) is 5.91 Å². The fourth-order valence-corrected chi connectivity index (χ4v) is 2.91. The molecule has 1 aliphatic heterocycles. The van der Waals surface area contributed by atoms with E-state index in [1.807, 2.05) is 47.6 Å². The van der Waals surface area contributed by atoms with Crippen LogP contribution in [-0.2, 0) is 4.79 Å². The Hall–Kier alpha value is -2.11. The van der Waals surface area contributed by atoms with Crippen LogP contribution in [-0.4, -0.2) is 52.6 Å². The number of carbonyl (C=O) groups excluding carboxylic acids is 1. The van der Waals surface area contributed by atoms with Crippen LogP contribution in [0.5, 0.6) is 0 Å². The molecule has 0 aliphatic carbocycles. The largest absolute Gasteiger partial charge is 0.361 e. The molecule has 1 amide bonds. The molecule has 1 aliphatic rings. The SMILES string of the molecule is CCC(=O)N1CC[C@@H](c2cn3nccc3c(N(C)C)n2)C1. The number of fused-ring (bicyclic) bond motifs is 1. The summed E-state index contributed by atoms with van der Waals surface area (Å²) >= 11 is 0. The molecule has 1 saturated heterocycles. The van der Waals surface area contributed by atoms with Crippen LogP contribution in [0.25, 0.3) is 5.52 Å². The Kier molecular flexibility index (Phi) is 3.53. The molecule has 0 unspecified atom stereocenters. The molecule has 0 saturated carbocycles. The predicted molar refractivity (Wildman–Crippen MR) is 81.5 cm³/mol. The van der Waals surface area contributed by atoms with E-state index < -0.39 is 0 Å². The molecule has 0 N–H and O–H groups in total. The van der Waals surface area contributed by atoms with Crippen molar-refractivity contribution in [3.8, 4) is 0 Å². The molecule has 1 atom stereocenters. The summed E-state index contributed by atoms with van der Waals surface area (Å²) in [6, 6.07) is 1.97. The third-order valence-corrected chi connectivity index (χ3v) is 4.07. The number of likely N-dealkylation sites (tertiary alicyclic amines) is 1. The summed E-state index contributed by atoms with van der Waals surface area (Å²) in [6.45, 7) is 3.50. The summed E-state index contributed by atoms with van der Waals surface area (Å²) in [7, 11) is 3.97. The Labute approximate surface area is 124 Å².